The number of halogens is 1. The van der Waals surface area contributed by atoms with Gasteiger partial charge in [0.25, 0.3) is 0 Å². The summed E-state index contributed by atoms with van der Waals surface area (Å²) in [6, 6.07) is 1.88. The molecule has 1 amide bonds. The van der Waals surface area contributed by atoms with E-state index in [-0.39, 0.29) is 6.61 Å². The molecule has 17 heavy (non-hydrogen) atoms. The van der Waals surface area contributed by atoms with Gasteiger partial charge in [-0.05, 0) is 34.2 Å². The van der Waals surface area contributed by atoms with E-state index in [4.69, 9.17) is 18.0 Å². The zero-order chi connectivity index (χ0) is 12.4. The van der Waals surface area contributed by atoms with E-state index in [1.165, 1.54) is 0 Å². The van der Waals surface area contributed by atoms with Crippen LogP contribution in [0, 0.1) is 4.77 Å². The number of carbonyl (C=O) groups is 1. The van der Waals surface area contributed by atoms with Crippen molar-refractivity contribution in [3.63, 3.8) is 0 Å². The first-order valence-corrected chi connectivity index (χ1v) is 5.94. The van der Waals surface area contributed by atoms with Crippen LogP contribution in [0.5, 0.6) is 0 Å². The standard InChI is InChI=1S/C9H9BrN4O2S/c10-5-3-6-7(12-4-5)14(9(17)13-6)1-2-16-8(11)15/h3-4H,1-2H2,(H2,11,15)(H,13,17). The number of nitrogens with zero attached hydrogens (tertiary/aromatic N) is 2. The summed E-state index contributed by atoms with van der Waals surface area (Å²) < 4.78 is 7.80. The zero-order valence-electron chi connectivity index (χ0n) is 8.64. The van der Waals surface area contributed by atoms with Crippen LogP contribution in [0.3, 0.4) is 0 Å². The molecule has 0 radical (unpaired) electrons. The van der Waals surface area contributed by atoms with Crippen molar-refractivity contribution in [2.45, 2.75) is 6.54 Å². The van der Waals surface area contributed by atoms with E-state index < -0.39 is 6.09 Å². The van der Waals surface area contributed by atoms with Gasteiger partial charge in [-0.15, -0.1) is 0 Å². The molecule has 0 saturated carbocycles. The van der Waals surface area contributed by atoms with Gasteiger partial charge in [-0.2, -0.15) is 0 Å². The Kier molecular flexibility index (Phi) is 3.43. The largest absolute Gasteiger partial charge is 0.448 e. The van der Waals surface area contributed by atoms with Crippen molar-refractivity contribution in [1.82, 2.24) is 14.5 Å². The predicted molar refractivity (Wildman–Crippen MR) is 68.2 cm³/mol. The lowest BCUT2D eigenvalue weighted by atomic mass is 10.4. The summed E-state index contributed by atoms with van der Waals surface area (Å²) in [7, 11) is 0. The molecule has 2 aromatic rings. The molecule has 90 valence electrons. The normalized spacial score (nSPS) is 10.6. The van der Waals surface area contributed by atoms with Gasteiger partial charge in [-0.25, -0.2) is 9.78 Å². The summed E-state index contributed by atoms with van der Waals surface area (Å²) in [4.78, 5) is 17.7. The number of hydrogen-bond acceptors (Lipinski definition) is 4. The molecule has 0 aliphatic rings. The van der Waals surface area contributed by atoms with Gasteiger partial charge in [0.1, 0.15) is 6.61 Å². The van der Waals surface area contributed by atoms with Gasteiger partial charge < -0.3 is 15.5 Å². The zero-order valence-corrected chi connectivity index (χ0v) is 11.0. The van der Waals surface area contributed by atoms with E-state index in [0.29, 0.717) is 17.0 Å². The number of carbonyl (C=O) groups excluding carboxylic acids is 1. The lowest BCUT2D eigenvalue weighted by Crippen LogP contribution is -2.16. The van der Waals surface area contributed by atoms with Gasteiger partial charge >= 0.3 is 6.09 Å². The second-order valence-electron chi connectivity index (χ2n) is 3.27. The number of aromatic amines is 1. The Balaban J connectivity index is 2.30. The summed E-state index contributed by atoms with van der Waals surface area (Å²) in [6.07, 6.45) is 0.878. The minimum absolute atomic E-state index is 0.161. The molecule has 2 rings (SSSR count). The number of fused-ring (bicyclic) bond motifs is 1. The maximum absolute atomic E-state index is 10.5. The molecule has 0 unspecified atom stereocenters. The molecule has 0 bridgehead atoms. The average molecular weight is 317 g/mol. The first kappa shape index (κ1) is 12.1. The summed E-state index contributed by atoms with van der Waals surface area (Å²) >= 11 is 8.48. The van der Waals surface area contributed by atoms with E-state index in [1.54, 1.807) is 10.8 Å². The van der Waals surface area contributed by atoms with Gasteiger partial charge in [-0.3, -0.25) is 4.57 Å². The van der Waals surface area contributed by atoms with E-state index in [1.807, 2.05) is 6.07 Å². The molecule has 0 spiro atoms. The molecule has 0 fully saturated rings. The van der Waals surface area contributed by atoms with Crippen LogP contribution >= 0.6 is 28.1 Å². The molecular formula is C9H9BrN4O2S. The van der Waals surface area contributed by atoms with Gasteiger partial charge in [0.15, 0.2) is 10.4 Å². The van der Waals surface area contributed by atoms with Crippen LogP contribution in [0.2, 0.25) is 0 Å². The fourth-order valence-corrected chi connectivity index (χ4v) is 2.08. The summed E-state index contributed by atoms with van der Waals surface area (Å²) in [5, 5.41) is 0. The number of imidazole rings is 1. The quantitative estimate of drug-likeness (QED) is 0.847. The summed E-state index contributed by atoms with van der Waals surface area (Å²) in [5.41, 5.74) is 6.41. The molecule has 0 aromatic carbocycles. The average Bonchev–Trinajstić information content (AvgIpc) is 2.54. The Morgan fingerprint density at radius 2 is 2.47 bits per heavy atom. The minimum Gasteiger partial charge on any atom is -0.448 e. The number of amides is 1. The van der Waals surface area contributed by atoms with Crippen LogP contribution < -0.4 is 5.73 Å². The van der Waals surface area contributed by atoms with Crippen LogP contribution in [0.4, 0.5) is 4.79 Å². The fourth-order valence-electron chi connectivity index (χ4n) is 1.46. The Morgan fingerprint density at radius 1 is 1.71 bits per heavy atom. The van der Waals surface area contributed by atoms with Crippen molar-refractivity contribution < 1.29 is 9.53 Å². The van der Waals surface area contributed by atoms with Crippen molar-refractivity contribution in [3.05, 3.63) is 21.5 Å². The highest BCUT2D eigenvalue weighted by molar-refractivity contribution is 9.10. The topological polar surface area (TPSA) is 85.9 Å². The molecule has 0 saturated heterocycles. The Bertz CT molecular complexity index is 621. The van der Waals surface area contributed by atoms with Crippen LogP contribution in [-0.4, -0.2) is 27.2 Å². The number of nitrogens with two attached hydrogens (primary N) is 1. The first-order chi connectivity index (χ1) is 8.08. The molecule has 0 aliphatic carbocycles. The Morgan fingerprint density at radius 3 is 3.18 bits per heavy atom. The molecule has 6 nitrogen and oxygen atoms in total. The smallest absolute Gasteiger partial charge is 0.404 e. The minimum atomic E-state index is -0.799. The maximum Gasteiger partial charge on any atom is 0.404 e. The number of aromatic nitrogens is 3. The molecule has 2 heterocycles. The second-order valence-corrected chi connectivity index (χ2v) is 4.58. The second kappa shape index (κ2) is 4.84. The Labute approximate surface area is 110 Å². The Hall–Kier alpha value is -1.41. The predicted octanol–water partition coefficient (Wildman–Crippen LogP) is 1.95. The van der Waals surface area contributed by atoms with Crippen LogP contribution in [-0.2, 0) is 11.3 Å². The molecule has 8 heteroatoms. The third-order valence-corrected chi connectivity index (χ3v) is 2.89. The molecule has 2 aromatic heterocycles. The van der Waals surface area contributed by atoms with Gasteiger partial charge in [0, 0.05) is 10.7 Å². The molecule has 0 atom stereocenters. The van der Waals surface area contributed by atoms with E-state index in [9.17, 15) is 4.79 Å². The molecule has 0 aliphatic heterocycles. The highest BCUT2D eigenvalue weighted by atomic mass is 79.9. The van der Waals surface area contributed by atoms with E-state index >= 15 is 0 Å². The van der Waals surface area contributed by atoms with Gasteiger partial charge in [0.2, 0.25) is 0 Å². The lowest BCUT2D eigenvalue weighted by molar-refractivity contribution is 0.152. The molecule has 3 N–H and O–H groups in total. The highest BCUT2D eigenvalue weighted by Gasteiger charge is 2.06. The van der Waals surface area contributed by atoms with Crippen LogP contribution in [0.15, 0.2) is 16.7 Å². The number of ether oxygens (including phenoxy) is 1. The lowest BCUT2D eigenvalue weighted by Gasteiger charge is -2.03. The number of H-pyrrole nitrogens is 1. The third kappa shape index (κ3) is 2.64. The number of rotatable bonds is 3. The first-order valence-electron chi connectivity index (χ1n) is 4.74. The van der Waals surface area contributed by atoms with Gasteiger partial charge in [0.05, 0.1) is 12.1 Å². The SMILES string of the molecule is NC(=O)OCCn1c(=S)[nH]c2cc(Br)cnc21. The number of pyridine rings is 1. The van der Waals surface area contributed by atoms with Crippen LogP contribution in [0.25, 0.3) is 11.2 Å². The number of nitrogens with one attached hydrogen (secondary N) is 1. The van der Waals surface area contributed by atoms with Crippen molar-refractivity contribution in [1.29, 1.82) is 0 Å². The van der Waals surface area contributed by atoms with E-state index in [0.717, 1.165) is 9.99 Å². The highest BCUT2D eigenvalue weighted by Crippen LogP contribution is 2.16. The van der Waals surface area contributed by atoms with Crippen molar-refractivity contribution >= 4 is 45.4 Å². The molecular weight excluding hydrogens is 308 g/mol. The summed E-state index contributed by atoms with van der Waals surface area (Å²) in [6.45, 7) is 0.574. The number of hydrogen-bond donors (Lipinski definition) is 2. The van der Waals surface area contributed by atoms with Crippen molar-refractivity contribution in [3.8, 4) is 0 Å². The van der Waals surface area contributed by atoms with Crippen molar-refractivity contribution in [2.24, 2.45) is 5.73 Å². The summed E-state index contributed by atoms with van der Waals surface area (Å²) in [5.74, 6) is 0. The maximum atomic E-state index is 10.5. The number of primary amides is 1. The third-order valence-electron chi connectivity index (χ3n) is 2.13. The van der Waals surface area contributed by atoms with Crippen LogP contribution in [0.1, 0.15) is 0 Å². The van der Waals surface area contributed by atoms with Gasteiger partial charge in [-0.1, -0.05) is 0 Å². The fraction of sp³-hybridized carbons (Fsp3) is 0.222. The monoisotopic (exact) mass is 316 g/mol. The van der Waals surface area contributed by atoms with E-state index in [2.05, 4.69) is 30.6 Å². The van der Waals surface area contributed by atoms with Crippen molar-refractivity contribution in [2.75, 3.05) is 6.61 Å².